The Morgan fingerprint density at radius 2 is 1.81 bits per heavy atom. The van der Waals surface area contributed by atoms with Gasteiger partial charge in [-0.1, -0.05) is 61.0 Å². The molecule has 0 bridgehead atoms. The molecule has 5 nitrogen and oxygen atoms in total. The molecule has 1 N–H and O–H groups in total. The summed E-state index contributed by atoms with van der Waals surface area (Å²) in [5, 5.41) is 3.05. The van der Waals surface area contributed by atoms with Gasteiger partial charge in [0.15, 0.2) is 5.60 Å². The topological polar surface area (TPSA) is 58.6 Å². The number of rotatable bonds is 6. The van der Waals surface area contributed by atoms with E-state index in [2.05, 4.69) is 29.6 Å². The number of amides is 2. The molecular formula is C26H32N2O3. The molecule has 1 atom stereocenters. The van der Waals surface area contributed by atoms with Crippen molar-refractivity contribution < 1.29 is 14.3 Å². The summed E-state index contributed by atoms with van der Waals surface area (Å²) in [5.41, 5.74) is 2.15. The van der Waals surface area contributed by atoms with Crippen LogP contribution in [-0.2, 0) is 20.7 Å². The standard InChI is InChI=1S/C26H32N2O3/c1-19(2)27-25(30)26(18-28(15-16-31-26)24(29)21-12-8-13-21)17-22-11-6-7-14-23(22)20-9-4-3-5-10-20/h3-7,9-11,14,19,21H,8,12-13,15-18H2,1-2H3,(H,27,30)/t26-/m0/s1. The van der Waals surface area contributed by atoms with Crippen LogP contribution in [0, 0.1) is 5.92 Å². The third kappa shape index (κ3) is 4.67. The number of carbonyl (C=O) groups is 2. The van der Waals surface area contributed by atoms with Gasteiger partial charge in [0.25, 0.3) is 5.91 Å². The van der Waals surface area contributed by atoms with Crippen molar-refractivity contribution in [1.82, 2.24) is 10.2 Å². The van der Waals surface area contributed by atoms with Crippen molar-refractivity contribution in [3.63, 3.8) is 0 Å². The number of nitrogens with zero attached hydrogens (tertiary/aromatic N) is 1. The molecule has 2 amide bonds. The Kier molecular flexibility index (Phi) is 6.42. The van der Waals surface area contributed by atoms with Crippen molar-refractivity contribution >= 4 is 11.8 Å². The van der Waals surface area contributed by atoms with Crippen LogP contribution in [-0.4, -0.2) is 48.1 Å². The first kappa shape index (κ1) is 21.6. The highest BCUT2D eigenvalue weighted by atomic mass is 16.5. The maximum Gasteiger partial charge on any atom is 0.254 e. The molecule has 0 unspecified atom stereocenters. The lowest BCUT2D eigenvalue weighted by Gasteiger charge is -2.44. The van der Waals surface area contributed by atoms with E-state index in [0.29, 0.717) is 26.1 Å². The highest BCUT2D eigenvalue weighted by Gasteiger charge is 2.46. The van der Waals surface area contributed by atoms with Gasteiger partial charge in [-0.15, -0.1) is 0 Å². The van der Waals surface area contributed by atoms with E-state index in [1.807, 2.05) is 49.1 Å². The molecule has 1 heterocycles. The van der Waals surface area contributed by atoms with E-state index in [0.717, 1.165) is 36.0 Å². The molecular weight excluding hydrogens is 388 g/mol. The lowest BCUT2D eigenvalue weighted by atomic mass is 9.83. The Labute approximate surface area is 184 Å². The van der Waals surface area contributed by atoms with Gasteiger partial charge >= 0.3 is 0 Å². The summed E-state index contributed by atoms with van der Waals surface area (Å²) in [6.45, 7) is 5.11. The van der Waals surface area contributed by atoms with Gasteiger partial charge in [0.05, 0.1) is 13.2 Å². The maximum atomic E-state index is 13.4. The first-order chi connectivity index (χ1) is 15.0. The summed E-state index contributed by atoms with van der Waals surface area (Å²) in [4.78, 5) is 28.3. The summed E-state index contributed by atoms with van der Waals surface area (Å²) in [5.74, 6) is 0.143. The molecule has 1 saturated carbocycles. The minimum atomic E-state index is -1.09. The third-order valence-electron chi connectivity index (χ3n) is 6.36. The number of morpholine rings is 1. The number of benzene rings is 2. The van der Waals surface area contributed by atoms with E-state index in [1.54, 1.807) is 0 Å². The van der Waals surface area contributed by atoms with Gasteiger partial charge < -0.3 is 15.0 Å². The minimum Gasteiger partial charge on any atom is -0.361 e. The molecule has 1 aliphatic carbocycles. The predicted octanol–water partition coefficient (Wildman–Crippen LogP) is 3.82. The monoisotopic (exact) mass is 420 g/mol. The normalized spacial score (nSPS) is 21.6. The smallest absolute Gasteiger partial charge is 0.254 e. The van der Waals surface area contributed by atoms with Crippen LogP contribution < -0.4 is 5.32 Å². The summed E-state index contributed by atoms with van der Waals surface area (Å²) in [7, 11) is 0. The summed E-state index contributed by atoms with van der Waals surface area (Å²) >= 11 is 0. The highest BCUT2D eigenvalue weighted by molar-refractivity contribution is 5.88. The molecule has 1 saturated heterocycles. The van der Waals surface area contributed by atoms with E-state index < -0.39 is 5.60 Å². The summed E-state index contributed by atoms with van der Waals surface area (Å²) in [6, 6.07) is 18.3. The number of ether oxygens (including phenoxy) is 1. The van der Waals surface area contributed by atoms with Crippen LogP contribution in [0.5, 0.6) is 0 Å². The number of nitrogens with one attached hydrogen (secondary N) is 1. The van der Waals surface area contributed by atoms with Crippen LogP contribution >= 0.6 is 0 Å². The fourth-order valence-electron chi connectivity index (χ4n) is 4.49. The third-order valence-corrected chi connectivity index (χ3v) is 6.36. The zero-order valence-electron chi connectivity index (χ0n) is 18.5. The molecule has 4 rings (SSSR count). The van der Waals surface area contributed by atoms with Crippen LogP contribution in [0.1, 0.15) is 38.7 Å². The first-order valence-corrected chi connectivity index (χ1v) is 11.4. The fraction of sp³-hybridized carbons (Fsp3) is 0.462. The predicted molar refractivity (Wildman–Crippen MR) is 121 cm³/mol. The molecule has 0 radical (unpaired) electrons. The lowest BCUT2D eigenvalue weighted by Crippen LogP contribution is -2.63. The number of hydrogen-bond donors (Lipinski definition) is 1. The molecule has 0 spiro atoms. The van der Waals surface area contributed by atoms with Crippen LogP contribution in [0.25, 0.3) is 11.1 Å². The maximum absolute atomic E-state index is 13.4. The van der Waals surface area contributed by atoms with Gasteiger partial charge in [-0.25, -0.2) is 0 Å². The van der Waals surface area contributed by atoms with Crippen molar-refractivity contribution in [2.24, 2.45) is 5.92 Å². The van der Waals surface area contributed by atoms with E-state index in [9.17, 15) is 9.59 Å². The minimum absolute atomic E-state index is 0.00458. The first-order valence-electron chi connectivity index (χ1n) is 11.4. The van der Waals surface area contributed by atoms with Gasteiger partial charge in [0, 0.05) is 24.9 Å². The zero-order valence-corrected chi connectivity index (χ0v) is 18.5. The average molecular weight is 421 g/mol. The van der Waals surface area contributed by atoms with Crippen molar-refractivity contribution in [3.8, 4) is 11.1 Å². The van der Waals surface area contributed by atoms with E-state index in [-0.39, 0.29) is 23.8 Å². The number of hydrogen-bond acceptors (Lipinski definition) is 3. The molecule has 1 aliphatic heterocycles. The highest BCUT2D eigenvalue weighted by Crippen LogP contribution is 2.33. The van der Waals surface area contributed by atoms with Gasteiger partial charge in [-0.2, -0.15) is 0 Å². The van der Waals surface area contributed by atoms with Crippen molar-refractivity contribution in [2.75, 3.05) is 19.7 Å². The molecule has 2 fully saturated rings. The van der Waals surface area contributed by atoms with E-state index in [1.165, 1.54) is 0 Å². The molecule has 2 aromatic rings. The van der Waals surface area contributed by atoms with Crippen LogP contribution in [0.2, 0.25) is 0 Å². The van der Waals surface area contributed by atoms with Gasteiger partial charge in [0.1, 0.15) is 0 Å². The second-order valence-corrected chi connectivity index (χ2v) is 9.06. The molecule has 2 aromatic carbocycles. The molecule has 164 valence electrons. The molecule has 5 heteroatoms. The molecule has 31 heavy (non-hydrogen) atoms. The van der Waals surface area contributed by atoms with Crippen LogP contribution in [0.4, 0.5) is 0 Å². The average Bonchev–Trinajstić information content (AvgIpc) is 2.73. The van der Waals surface area contributed by atoms with Crippen molar-refractivity contribution in [2.45, 2.75) is 51.2 Å². The summed E-state index contributed by atoms with van der Waals surface area (Å²) < 4.78 is 6.23. The Hall–Kier alpha value is -2.66. The van der Waals surface area contributed by atoms with E-state index in [4.69, 9.17) is 4.74 Å². The quantitative estimate of drug-likeness (QED) is 0.773. The largest absolute Gasteiger partial charge is 0.361 e. The number of carbonyl (C=O) groups excluding carboxylic acids is 2. The van der Waals surface area contributed by atoms with Crippen molar-refractivity contribution in [1.29, 1.82) is 0 Å². The van der Waals surface area contributed by atoms with Crippen LogP contribution in [0.15, 0.2) is 54.6 Å². The molecule has 0 aromatic heterocycles. The second-order valence-electron chi connectivity index (χ2n) is 9.06. The Bertz CT molecular complexity index is 923. The SMILES string of the molecule is CC(C)NC(=O)[C@]1(Cc2ccccc2-c2ccccc2)CN(C(=O)C2CCC2)CCO1. The zero-order chi connectivity index (χ0) is 21.8. The Morgan fingerprint density at radius 1 is 1.10 bits per heavy atom. The van der Waals surface area contributed by atoms with E-state index >= 15 is 0 Å². The lowest BCUT2D eigenvalue weighted by molar-refractivity contribution is -0.169. The van der Waals surface area contributed by atoms with Gasteiger partial charge in [-0.3, -0.25) is 9.59 Å². The van der Waals surface area contributed by atoms with Gasteiger partial charge in [0.2, 0.25) is 5.91 Å². The second kappa shape index (κ2) is 9.23. The van der Waals surface area contributed by atoms with Gasteiger partial charge in [-0.05, 0) is 43.4 Å². The van der Waals surface area contributed by atoms with Crippen molar-refractivity contribution in [3.05, 3.63) is 60.2 Å². The Morgan fingerprint density at radius 3 is 2.48 bits per heavy atom. The molecule has 2 aliphatic rings. The Balaban J connectivity index is 1.66. The summed E-state index contributed by atoms with van der Waals surface area (Å²) in [6.07, 6.45) is 3.45. The van der Waals surface area contributed by atoms with Crippen LogP contribution in [0.3, 0.4) is 0 Å². The fourth-order valence-corrected chi connectivity index (χ4v) is 4.49.